The second kappa shape index (κ2) is 7.84. The predicted molar refractivity (Wildman–Crippen MR) is 102 cm³/mol. The molecule has 0 aliphatic carbocycles. The number of aliphatic hydroxyl groups is 1. The Kier molecular flexibility index (Phi) is 6.23. The highest BCUT2D eigenvalue weighted by molar-refractivity contribution is 7.79. The average molecular weight is 362 g/mol. The van der Waals surface area contributed by atoms with Gasteiger partial charge in [-0.05, 0) is 27.7 Å². The number of rotatable bonds is 8. The summed E-state index contributed by atoms with van der Waals surface area (Å²) >= 11 is 0. The number of benzene rings is 2. The molecule has 25 heavy (non-hydrogen) atoms. The van der Waals surface area contributed by atoms with Crippen LogP contribution in [0.15, 0.2) is 60.7 Å². The van der Waals surface area contributed by atoms with Gasteiger partial charge < -0.3 is 19.1 Å². The SMILES string of the molecule is CCOC(OCC)(C(C)(C)O)P(=O)(c1ccccc1)c1ccccc1. The van der Waals surface area contributed by atoms with E-state index in [1.807, 2.05) is 36.4 Å². The zero-order valence-electron chi connectivity index (χ0n) is 15.3. The van der Waals surface area contributed by atoms with Crippen LogP contribution in [0.4, 0.5) is 0 Å². The predicted octanol–water partition coefficient (Wildman–Crippen LogP) is 3.50. The molecule has 0 unspecified atom stereocenters. The van der Waals surface area contributed by atoms with E-state index in [4.69, 9.17) is 9.47 Å². The third-order valence-electron chi connectivity index (χ3n) is 4.11. The molecular weight excluding hydrogens is 335 g/mol. The van der Waals surface area contributed by atoms with Crippen LogP contribution in [0.3, 0.4) is 0 Å². The average Bonchev–Trinajstić information content (AvgIpc) is 2.61. The molecule has 2 aromatic carbocycles. The Bertz CT molecular complexity index is 658. The molecule has 0 saturated carbocycles. The van der Waals surface area contributed by atoms with Gasteiger partial charge in [0, 0.05) is 23.8 Å². The molecule has 0 aliphatic heterocycles. The summed E-state index contributed by atoms with van der Waals surface area (Å²) < 4.78 is 26.6. The molecule has 0 aromatic heterocycles. The third-order valence-corrected chi connectivity index (χ3v) is 7.79. The molecule has 0 amide bonds. The summed E-state index contributed by atoms with van der Waals surface area (Å²) in [6, 6.07) is 18.3. The van der Waals surface area contributed by atoms with Crippen molar-refractivity contribution in [3.8, 4) is 0 Å². The summed E-state index contributed by atoms with van der Waals surface area (Å²) in [5.74, 6) is 0. The molecule has 0 spiro atoms. The fraction of sp³-hybridized carbons (Fsp3) is 0.400. The quantitative estimate of drug-likeness (QED) is 0.577. The molecule has 0 radical (unpaired) electrons. The second-order valence-electron chi connectivity index (χ2n) is 6.29. The maximum atomic E-state index is 14.7. The highest BCUT2D eigenvalue weighted by atomic mass is 31.2. The van der Waals surface area contributed by atoms with E-state index >= 15 is 0 Å². The molecule has 1 N–H and O–H groups in total. The van der Waals surface area contributed by atoms with Gasteiger partial charge in [0.15, 0.2) is 0 Å². The Balaban J connectivity index is 2.87. The molecular formula is C20H27O4P. The van der Waals surface area contributed by atoms with E-state index in [0.717, 1.165) is 0 Å². The smallest absolute Gasteiger partial charge is 0.259 e. The Hall–Kier alpha value is -1.45. The molecule has 0 fully saturated rings. The maximum absolute atomic E-state index is 14.7. The van der Waals surface area contributed by atoms with Crippen molar-refractivity contribution in [1.82, 2.24) is 0 Å². The summed E-state index contributed by atoms with van der Waals surface area (Å²) in [5, 5.41) is 12.2. The van der Waals surface area contributed by atoms with Crippen molar-refractivity contribution in [2.45, 2.75) is 38.8 Å². The molecule has 2 rings (SSSR count). The second-order valence-corrected chi connectivity index (χ2v) is 9.13. The monoisotopic (exact) mass is 362 g/mol. The standard InChI is InChI=1S/C20H27O4P/c1-5-23-20(24-6-2,19(3,4)21)25(22,17-13-9-7-10-14-17)18-15-11-8-12-16-18/h7-16,21H,5-6H2,1-4H3. The first kappa shape index (κ1) is 19.9. The number of ether oxygens (including phenoxy) is 2. The summed E-state index contributed by atoms with van der Waals surface area (Å²) in [5.41, 5.74) is -3.19. The first-order valence-electron chi connectivity index (χ1n) is 8.55. The maximum Gasteiger partial charge on any atom is 0.259 e. The number of hydrogen-bond acceptors (Lipinski definition) is 4. The van der Waals surface area contributed by atoms with Crippen molar-refractivity contribution in [2.24, 2.45) is 0 Å². The van der Waals surface area contributed by atoms with E-state index in [1.165, 1.54) is 0 Å². The van der Waals surface area contributed by atoms with Crippen LogP contribution in [0, 0.1) is 0 Å². The van der Waals surface area contributed by atoms with E-state index in [1.54, 1.807) is 52.0 Å². The van der Waals surface area contributed by atoms with Crippen LogP contribution in [-0.4, -0.2) is 29.4 Å². The van der Waals surface area contributed by atoms with E-state index in [0.29, 0.717) is 10.6 Å². The minimum atomic E-state index is -3.51. The van der Waals surface area contributed by atoms with Crippen molar-refractivity contribution in [2.75, 3.05) is 13.2 Å². The van der Waals surface area contributed by atoms with Crippen LogP contribution in [0.25, 0.3) is 0 Å². The van der Waals surface area contributed by atoms with Crippen molar-refractivity contribution in [3.63, 3.8) is 0 Å². The highest BCUT2D eigenvalue weighted by Gasteiger charge is 2.61. The summed E-state index contributed by atoms with van der Waals surface area (Å²) in [6.45, 7) is 7.29. The van der Waals surface area contributed by atoms with E-state index < -0.39 is 18.3 Å². The molecule has 0 heterocycles. The lowest BCUT2D eigenvalue weighted by Crippen LogP contribution is -2.57. The molecule has 0 aliphatic rings. The van der Waals surface area contributed by atoms with Gasteiger partial charge in [0.05, 0.1) is 0 Å². The van der Waals surface area contributed by atoms with Gasteiger partial charge in [-0.15, -0.1) is 0 Å². The highest BCUT2D eigenvalue weighted by Crippen LogP contribution is 2.61. The summed E-state index contributed by atoms with van der Waals surface area (Å²) in [6.07, 6.45) is 0. The molecule has 4 nitrogen and oxygen atoms in total. The van der Waals surface area contributed by atoms with Crippen LogP contribution in [0.1, 0.15) is 27.7 Å². The summed E-state index contributed by atoms with van der Waals surface area (Å²) in [7, 11) is -3.51. The molecule has 136 valence electrons. The van der Waals surface area contributed by atoms with Crippen molar-refractivity contribution in [3.05, 3.63) is 60.7 Å². The lowest BCUT2D eigenvalue weighted by molar-refractivity contribution is -0.255. The van der Waals surface area contributed by atoms with Crippen LogP contribution in [0.5, 0.6) is 0 Å². The fourth-order valence-corrected chi connectivity index (χ4v) is 6.67. The number of hydrogen-bond donors (Lipinski definition) is 1. The Morgan fingerprint density at radius 2 is 1.20 bits per heavy atom. The van der Waals surface area contributed by atoms with Crippen molar-refractivity contribution >= 4 is 17.8 Å². The normalized spacial score (nSPS) is 13.0. The Morgan fingerprint density at radius 1 is 0.840 bits per heavy atom. The van der Waals surface area contributed by atoms with Crippen LogP contribution in [0.2, 0.25) is 0 Å². The van der Waals surface area contributed by atoms with Crippen LogP contribution < -0.4 is 10.6 Å². The molecule has 0 bridgehead atoms. The molecule has 0 saturated heterocycles. The Labute approximate surface area is 150 Å². The zero-order valence-corrected chi connectivity index (χ0v) is 16.2. The largest absolute Gasteiger partial charge is 0.384 e. The van der Waals surface area contributed by atoms with E-state index in [2.05, 4.69) is 0 Å². The van der Waals surface area contributed by atoms with Crippen molar-refractivity contribution in [1.29, 1.82) is 0 Å². The Morgan fingerprint density at radius 3 is 1.48 bits per heavy atom. The van der Waals surface area contributed by atoms with Gasteiger partial charge in [0.2, 0.25) is 7.14 Å². The third kappa shape index (κ3) is 3.45. The van der Waals surface area contributed by atoms with Gasteiger partial charge in [-0.3, -0.25) is 0 Å². The van der Waals surface area contributed by atoms with Gasteiger partial charge >= 0.3 is 0 Å². The van der Waals surface area contributed by atoms with Gasteiger partial charge in [-0.2, -0.15) is 0 Å². The van der Waals surface area contributed by atoms with Crippen LogP contribution in [-0.2, 0) is 14.0 Å². The first-order valence-corrected chi connectivity index (χ1v) is 10.3. The zero-order chi connectivity index (χ0) is 18.6. The first-order chi connectivity index (χ1) is 11.8. The minimum Gasteiger partial charge on any atom is -0.384 e. The van der Waals surface area contributed by atoms with E-state index in [-0.39, 0.29) is 13.2 Å². The van der Waals surface area contributed by atoms with Crippen LogP contribution >= 0.6 is 7.14 Å². The molecule has 2 aromatic rings. The summed E-state index contributed by atoms with van der Waals surface area (Å²) in [4.78, 5) is 0. The lowest BCUT2D eigenvalue weighted by Gasteiger charge is -2.47. The lowest BCUT2D eigenvalue weighted by atomic mass is 10.1. The fourth-order valence-electron chi connectivity index (χ4n) is 3.12. The minimum absolute atomic E-state index is 0.258. The van der Waals surface area contributed by atoms with E-state index in [9.17, 15) is 9.67 Å². The van der Waals surface area contributed by atoms with Gasteiger partial charge in [-0.25, -0.2) is 0 Å². The molecule has 0 atom stereocenters. The molecule has 5 heteroatoms. The topological polar surface area (TPSA) is 55.8 Å². The van der Waals surface area contributed by atoms with Crippen molar-refractivity contribution < 1.29 is 19.1 Å². The van der Waals surface area contributed by atoms with Gasteiger partial charge in [0.25, 0.3) is 5.53 Å². The van der Waals surface area contributed by atoms with Gasteiger partial charge in [-0.1, -0.05) is 60.7 Å². The van der Waals surface area contributed by atoms with Gasteiger partial charge in [0.1, 0.15) is 5.60 Å².